The molecular weight excluding hydrogens is 607 g/mol. The molecule has 0 aliphatic rings. The molecule has 0 bridgehead atoms. The van der Waals surface area contributed by atoms with Gasteiger partial charge < -0.3 is 36.2 Å². The smallest absolute Gasteiger partial charge is 0.396 e. The zero-order chi connectivity index (χ0) is 31.4. The summed E-state index contributed by atoms with van der Waals surface area (Å²) in [5, 5.41) is 9.75. The number of nitrogen functional groups attached to an aromatic ring is 2. The maximum absolute atomic E-state index is 12.1. The summed E-state index contributed by atoms with van der Waals surface area (Å²) >= 11 is 0. The van der Waals surface area contributed by atoms with Crippen molar-refractivity contribution in [3.8, 4) is 0 Å². The van der Waals surface area contributed by atoms with Gasteiger partial charge in [0.15, 0.2) is 0 Å². The third kappa shape index (κ3) is 11.0. The Morgan fingerprint density at radius 2 is 1.33 bits per heavy atom. The lowest BCUT2D eigenvalue weighted by Crippen LogP contribution is -2.22. The summed E-state index contributed by atoms with van der Waals surface area (Å²) < 4.78 is 15.9. The molecule has 0 radical (unpaired) electrons. The van der Waals surface area contributed by atoms with Crippen LogP contribution in [0, 0.1) is 13.8 Å². The highest BCUT2D eigenvalue weighted by molar-refractivity contribution is 8.79. The van der Waals surface area contributed by atoms with E-state index >= 15 is 0 Å². The van der Waals surface area contributed by atoms with Crippen LogP contribution in [0.3, 0.4) is 0 Å². The first kappa shape index (κ1) is 35.1. The molecule has 0 spiro atoms. The van der Waals surface area contributed by atoms with E-state index in [0.29, 0.717) is 56.8 Å². The number of hydrogen-bond acceptors (Lipinski definition) is 13. The van der Waals surface area contributed by atoms with Crippen molar-refractivity contribution in [3.05, 3.63) is 56.4 Å². The van der Waals surface area contributed by atoms with Crippen molar-refractivity contribution in [2.24, 2.45) is 0 Å². The molecule has 0 saturated heterocycles. The average molecular weight is 643 g/mol. The van der Waals surface area contributed by atoms with E-state index in [0.717, 1.165) is 0 Å². The molecule has 2 aromatic heterocycles. The Labute approximate surface area is 251 Å². The fourth-order valence-corrected chi connectivity index (χ4v) is 6.63. The van der Waals surface area contributed by atoms with E-state index in [9.17, 15) is 19.3 Å². The first-order valence-electron chi connectivity index (χ1n) is 12.4. The van der Waals surface area contributed by atoms with Gasteiger partial charge in [0.1, 0.15) is 23.3 Å². The minimum atomic E-state index is -4.73. The van der Waals surface area contributed by atoms with Gasteiger partial charge in [-0.2, -0.15) is 0 Å². The van der Waals surface area contributed by atoms with E-state index < -0.39 is 7.82 Å². The summed E-state index contributed by atoms with van der Waals surface area (Å²) in [5.74, 6) is 1.43. The van der Waals surface area contributed by atoms with E-state index in [4.69, 9.17) is 21.3 Å². The number of phosphoric ester groups is 1. The summed E-state index contributed by atoms with van der Waals surface area (Å²) in [7, 11) is -2.32. The summed E-state index contributed by atoms with van der Waals surface area (Å²) in [6.45, 7) is 6.36. The van der Waals surface area contributed by atoms with E-state index in [1.165, 1.54) is 37.6 Å². The van der Waals surface area contributed by atoms with Crippen LogP contribution in [-0.2, 0) is 31.8 Å². The topological polar surface area (TPSA) is 231 Å². The number of nitrogens with two attached hydrogens (primary N) is 2. The molecule has 0 atom stereocenters. The van der Waals surface area contributed by atoms with Crippen LogP contribution >= 0.6 is 29.4 Å². The number of anilines is 2. The van der Waals surface area contributed by atoms with Gasteiger partial charge in [-0.15, -0.1) is 0 Å². The highest BCUT2D eigenvalue weighted by Gasteiger charge is 2.20. The zero-order valence-corrected chi connectivity index (χ0v) is 26.2. The summed E-state index contributed by atoms with van der Waals surface area (Å²) in [5.41, 5.74) is 14.1. The molecule has 2 heterocycles. The predicted molar refractivity (Wildman–Crippen MR) is 160 cm³/mol. The van der Waals surface area contributed by atoms with Gasteiger partial charge in [-0.25, -0.2) is 24.5 Å². The number of carbonyl (C=O) groups excluding carboxylic acids is 2. The molecule has 0 fully saturated rings. The number of hydrogen-bond donors (Lipinski definition) is 5. The van der Waals surface area contributed by atoms with Crippen LogP contribution < -0.4 is 11.5 Å². The maximum Gasteiger partial charge on any atom is 0.469 e. The molecule has 15 nitrogen and oxygen atoms in total. The van der Waals surface area contributed by atoms with Crippen molar-refractivity contribution in [2.75, 3.05) is 24.7 Å². The van der Waals surface area contributed by atoms with Crippen molar-refractivity contribution in [2.45, 2.75) is 53.6 Å². The van der Waals surface area contributed by atoms with Crippen molar-refractivity contribution in [3.63, 3.8) is 0 Å². The molecule has 0 aliphatic heterocycles. The minimum absolute atomic E-state index is 0.0406. The van der Waals surface area contributed by atoms with Crippen LogP contribution in [0.25, 0.3) is 0 Å². The van der Waals surface area contributed by atoms with Gasteiger partial charge in [0.25, 0.3) is 0 Å². The number of amides is 2. The van der Waals surface area contributed by atoms with Crippen LogP contribution in [0.2, 0.25) is 0 Å². The van der Waals surface area contributed by atoms with Gasteiger partial charge in [-0.05, 0) is 27.7 Å². The van der Waals surface area contributed by atoms with Crippen molar-refractivity contribution < 1.29 is 33.6 Å². The van der Waals surface area contributed by atoms with Gasteiger partial charge in [-0.1, -0.05) is 21.6 Å². The molecule has 0 unspecified atom stereocenters. The third-order valence-electron chi connectivity index (χ3n) is 5.81. The minimum Gasteiger partial charge on any atom is -0.396 e. The first-order valence-corrected chi connectivity index (χ1v) is 16.1. The number of phosphoric acid groups is 1. The lowest BCUT2D eigenvalue weighted by molar-refractivity contribution is -0.117. The van der Waals surface area contributed by atoms with Crippen molar-refractivity contribution >= 4 is 53.9 Å². The Morgan fingerprint density at radius 1 is 0.905 bits per heavy atom. The van der Waals surface area contributed by atoms with Crippen molar-refractivity contribution in [1.82, 2.24) is 29.7 Å². The van der Waals surface area contributed by atoms with E-state index in [1.54, 1.807) is 33.9 Å². The number of allylic oxidation sites excluding steroid dienone is 2. The van der Waals surface area contributed by atoms with Gasteiger partial charge in [0, 0.05) is 64.2 Å². The normalized spacial score (nSPS) is 12.8. The molecule has 0 aromatic carbocycles. The van der Waals surface area contributed by atoms with E-state index in [1.807, 2.05) is 0 Å². The quantitative estimate of drug-likeness (QED) is 0.0947. The summed E-state index contributed by atoms with van der Waals surface area (Å²) in [4.78, 5) is 62.9. The predicted octanol–water partition coefficient (Wildman–Crippen LogP) is 2.39. The van der Waals surface area contributed by atoms with Crippen LogP contribution in [-0.4, -0.2) is 70.7 Å². The number of aliphatic hydroxyl groups is 1. The molecular formula is C24H35N8O7PS2. The molecule has 7 N–H and O–H groups in total. The number of aliphatic hydroxyl groups excluding tert-OH is 1. The highest BCUT2D eigenvalue weighted by Crippen LogP contribution is 2.44. The first-order chi connectivity index (χ1) is 19.8. The van der Waals surface area contributed by atoms with E-state index in [2.05, 4.69) is 24.5 Å². The third-order valence-corrected chi connectivity index (χ3v) is 9.27. The number of aryl methyl sites for hydroxylation is 2. The van der Waals surface area contributed by atoms with Crippen LogP contribution in [0.4, 0.5) is 11.6 Å². The number of nitrogens with zero attached hydrogens (tertiary/aromatic N) is 6. The fraction of sp³-hybridized carbons (Fsp3) is 0.417. The number of rotatable bonds is 17. The molecule has 0 aliphatic carbocycles. The Balaban J connectivity index is 2.39. The second kappa shape index (κ2) is 16.6. The highest BCUT2D eigenvalue weighted by atomic mass is 33.1. The van der Waals surface area contributed by atoms with Crippen LogP contribution in [0.15, 0.2) is 33.6 Å². The standard InChI is InChI=1S/C24H35N8O7PS2/c1-15(31(13-34)11-19-9-27-17(3)29-23(19)25)21(5-7-33)41-42-22(6-8-39-40(36,37)38)16(2)32(14-35)12-20-10-28-18(4)30-24(20)26/h9-10,13-14,33H,5-8,11-12H2,1-4H3,(H2,25,27,29)(H2,26,28,30)(H2,36,37,38). The molecule has 2 aromatic rings. The molecule has 2 rings (SSSR count). The Bertz CT molecular complexity index is 1370. The van der Waals surface area contributed by atoms with Gasteiger partial charge in [0.05, 0.1) is 19.7 Å². The van der Waals surface area contributed by atoms with Gasteiger partial charge in [0.2, 0.25) is 12.8 Å². The molecule has 230 valence electrons. The molecule has 42 heavy (non-hydrogen) atoms. The second-order valence-electron chi connectivity index (χ2n) is 8.85. The Hall–Kier alpha value is -3.05. The lowest BCUT2D eigenvalue weighted by atomic mass is 10.2. The summed E-state index contributed by atoms with van der Waals surface area (Å²) in [6.07, 6.45) is 4.54. The maximum atomic E-state index is 12.1. The molecule has 0 saturated carbocycles. The van der Waals surface area contributed by atoms with Crippen LogP contribution in [0.5, 0.6) is 0 Å². The number of aromatic nitrogens is 4. The molecule has 2 amide bonds. The summed E-state index contributed by atoms with van der Waals surface area (Å²) in [6, 6.07) is 0. The molecule has 18 heteroatoms. The monoisotopic (exact) mass is 642 g/mol. The fourth-order valence-electron chi connectivity index (χ4n) is 3.45. The lowest BCUT2D eigenvalue weighted by Gasteiger charge is -2.24. The second-order valence-corrected chi connectivity index (χ2v) is 12.4. The van der Waals surface area contributed by atoms with Crippen molar-refractivity contribution in [1.29, 1.82) is 0 Å². The zero-order valence-electron chi connectivity index (χ0n) is 23.6. The Morgan fingerprint density at radius 3 is 1.69 bits per heavy atom. The largest absolute Gasteiger partial charge is 0.469 e. The Kier molecular flexibility index (Phi) is 13.9. The van der Waals surface area contributed by atoms with Gasteiger partial charge in [-0.3, -0.25) is 14.1 Å². The van der Waals surface area contributed by atoms with Gasteiger partial charge >= 0.3 is 7.82 Å². The van der Waals surface area contributed by atoms with E-state index in [-0.39, 0.29) is 50.8 Å². The number of carbonyl (C=O) groups is 2. The SMILES string of the molecule is CC(=C(CCO)SSC(CCOP(=O)(O)O)=C(C)N(C=O)Cc1cnc(C)nc1N)N(C=O)Cc1cnc(C)nc1N. The van der Waals surface area contributed by atoms with Crippen LogP contribution in [0.1, 0.15) is 49.5 Å². The average Bonchev–Trinajstić information content (AvgIpc) is 2.92.